The largest absolute Gasteiger partial charge is 0.497 e. The van der Waals surface area contributed by atoms with Crippen molar-refractivity contribution in [3.05, 3.63) is 48.2 Å². The number of hydrogen-bond acceptors (Lipinski definition) is 4. The third kappa shape index (κ3) is 4.48. The van der Waals surface area contributed by atoms with Gasteiger partial charge in [0, 0.05) is 18.4 Å². The minimum absolute atomic E-state index is 0.0862. The third-order valence-corrected chi connectivity index (χ3v) is 3.20. The van der Waals surface area contributed by atoms with Crippen LogP contribution >= 0.6 is 0 Å². The maximum absolute atomic E-state index is 11.9. The van der Waals surface area contributed by atoms with E-state index in [1.807, 2.05) is 24.3 Å². The molecule has 1 aromatic carbocycles. The predicted octanol–water partition coefficient (Wildman–Crippen LogP) is 3.36. The Labute approximate surface area is 130 Å². The van der Waals surface area contributed by atoms with Crippen molar-refractivity contribution in [1.29, 1.82) is 0 Å². The molecular formula is C17H21N3O2. The van der Waals surface area contributed by atoms with Gasteiger partial charge in [-0.25, -0.2) is 4.98 Å². The number of benzene rings is 1. The number of nitrogens with one attached hydrogen (secondary N) is 2. The molecule has 0 saturated heterocycles. The van der Waals surface area contributed by atoms with E-state index in [1.165, 1.54) is 0 Å². The number of unbranched alkanes of at least 4 members (excludes halogenated alkanes) is 1. The molecule has 1 heterocycles. The predicted molar refractivity (Wildman–Crippen MR) is 87.8 cm³/mol. The van der Waals surface area contributed by atoms with E-state index in [0.29, 0.717) is 17.9 Å². The summed E-state index contributed by atoms with van der Waals surface area (Å²) in [5, 5.41) is 6.04. The molecule has 2 rings (SSSR count). The molecule has 0 atom stereocenters. The van der Waals surface area contributed by atoms with Crippen molar-refractivity contribution in [2.45, 2.75) is 19.8 Å². The molecule has 1 amide bonds. The van der Waals surface area contributed by atoms with Crippen LogP contribution in [0, 0.1) is 0 Å². The van der Waals surface area contributed by atoms with Gasteiger partial charge >= 0.3 is 0 Å². The number of carbonyl (C=O) groups excluding carboxylic acids is 1. The van der Waals surface area contributed by atoms with Crippen LogP contribution in [0.1, 0.15) is 30.1 Å². The Morgan fingerprint density at radius 1 is 1.18 bits per heavy atom. The summed E-state index contributed by atoms with van der Waals surface area (Å²) in [5.41, 5.74) is 1.48. The van der Waals surface area contributed by atoms with Gasteiger partial charge in [0.15, 0.2) is 0 Å². The Kier molecular flexibility index (Phi) is 5.77. The van der Waals surface area contributed by atoms with Gasteiger partial charge < -0.3 is 15.4 Å². The fourth-order valence-electron chi connectivity index (χ4n) is 1.91. The van der Waals surface area contributed by atoms with Crippen LogP contribution in [-0.4, -0.2) is 24.5 Å². The molecule has 22 heavy (non-hydrogen) atoms. The van der Waals surface area contributed by atoms with Crippen LogP contribution < -0.4 is 15.4 Å². The normalized spacial score (nSPS) is 10.1. The SMILES string of the molecule is CCCCNC(=O)c1ccc(Nc2ccc(OC)cc2)nc1. The summed E-state index contributed by atoms with van der Waals surface area (Å²) in [7, 11) is 1.63. The second-order valence-corrected chi connectivity index (χ2v) is 4.90. The first-order valence-corrected chi connectivity index (χ1v) is 7.38. The highest BCUT2D eigenvalue weighted by molar-refractivity contribution is 5.94. The molecule has 2 N–H and O–H groups in total. The van der Waals surface area contributed by atoms with Gasteiger partial charge in [0.1, 0.15) is 11.6 Å². The van der Waals surface area contributed by atoms with Crippen LogP contribution in [-0.2, 0) is 0 Å². The molecule has 0 saturated carbocycles. The summed E-state index contributed by atoms with van der Waals surface area (Å²) in [6.07, 6.45) is 3.62. The van der Waals surface area contributed by atoms with Gasteiger partial charge in [-0.1, -0.05) is 13.3 Å². The lowest BCUT2D eigenvalue weighted by Gasteiger charge is -2.08. The zero-order chi connectivity index (χ0) is 15.8. The van der Waals surface area contributed by atoms with Crippen LogP contribution in [0.25, 0.3) is 0 Å². The van der Waals surface area contributed by atoms with Gasteiger partial charge in [-0.05, 0) is 42.8 Å². The molecule has 1 aromatic heterocycles. The Hall–Kier alpha value is -2.56. The molecule has 0 spiro atoms. The number of anilines is 2. The second kappa shape index (κ2) is 8.02. The molecule has 0 unspecified atom stereocenters. The number of carbonyl (C=O) groups is 1. The summed E-state index contributed by atoms with van der Waals surface area (Å²) in [6, 6.07) is 11.1. The molecule has 0 aliphatic rings. The summed E-state index contributed by atoms with van der Waals surface area (Å²) >= 11 is 0. The molecular weight excluding hydrogens is 278 g/mol. The van der Waals surface area contributed by atoms with E-state index in [-0.39, 0.29) is 5.91 Å². The zero-order valence-electron chi connectivity index (χ0n) is 12.9. The van der Waals surface area contributed by atoms with Crippen molar-refractivity contribution in [1.82, 2.24) is 10.3 Å². The lowest BCUT2D eigenvalue weighted by molar-refractivity contribution is 0.0953. The monoisotopic (exact) mass is 299 g/mol. The highest BCUT2D eigenvalue weighted by Crippen LogP contribution is 2.18. The van der Waals surface area contributed by atoms with Crippen molar-refractivity contribution in [3.8, 4) is 5.75 Å². The van der Waals surface area contributed by atoms with Gasteiger partial charge in [0.05, 0.1) is 12.7 Å². The van der Waals surface area contributed by atoms with E-state index in [0.717, 1.165) is 24.3 Å². The standard InChI is InChI=1S/C17H21N3O2/c1-3-4-11-18-17(21)13-5-10-16(19-12-13)20-14-6-8-15(22-2)9-7-14/h5-10,12H,3-4,11H2,1-2H3,(H,18,21)(H,19,20). The molecule has 5 heteroatoms. The molecule has 5 nitrogen and oxygen atoms in total. The Bertz CT molecular complexity index is 594. The van der Waals surface area contributed by atoms with Crippen molar-refractivity contribution in [2.24, 2.45) is 0 Å². The highest BCUT2D eigenvalue weighted by Gasteiger charge is 2.05. The van der Waals surface area contributed by atoms with Gasteiger partial charge in [-0.15, -0.1) is 0 Å². The molecule has 2 aromatic rings. The second-order valence-electron chi connectivity index (χ2n) is 4.90. The van der Waals surface area contributed by atoms with Crippen LogP contribution in [0.15, 0.2) is 42.6 Å². The van der Waals surface area contributed by atoms with Crippen LogP contribution in [0.3, 0.4) is 0 Å². The minimum Gasteiger partial charge on any atom is -0.497 e. The molecule has 116 valence electrons. The summed E-state index contributed by atoms with van der Waals surface area (Å²) in [4.78, 5) is 16.1. The smallest absolute Gasteiger partial charge is 0.252 e. The fraction of sp³-hybridized carbons (Fsp3) is 0.294. The molecule has 0 aliphatic heterocycles. The Morgan fingerprint density at radius 2 is 1.95 bits per heavy atom. The van der Waals surface area contributed by atoms with E-state index >= 15 is 0 Å². The lowest BCUT2D eigenvalue weighted by atomic mass is 10.2. The average Bonchev–Trinajstić information content (AvgIpc) is 2.56. The molecule has 0 fully saturated rings. The quantitative estimate of drug-likeness (QED) is 0.769. The number of aromatic nitrogens is 1. The fourth-order valence-corrected chi connectivity index (χ4v) is 1.91. The maximum Gasteiger partial charge on any atom is 0.252 e. The first kappa shape index (κ1) is 15.8. The number of amides is 1. The number of ether oxygens (including phenoxy) is 1. The first-order chi connectivity index (χ1) is 10.7. The van der Waals surface area contributed by atoms with Gasteiger partial charge in [-0.3, -0.25) is 4.79 Å². The zero-order valence-corrected chi connectivity index (χ0v) is 12.9. The maximum atomic E-state index is 11.9. The van der Waals surface area contributed by atoms with Gasteiger partial charge in [0.25, 0.3) is 5.91 Å². The lowest BCUT2D eigenvalue weighted by Crippen LogP contribution is -2.24. The first-order valence-electron chi connectivity index (χ1n) is 7.38. The molecule has 0 aliphatic carbocycles. The van der Waals surface area contributed by atoms with Crippen LogP contribution in [0.5, 0.6) is 5.75 Å². The number of nitrogens with zero attached hydrogens (tertiary/aromatic N) is 1. The molecule has 0 bridgehead atoms. The minimum atomic E-state index is -0.0862. The highest BCUT2D eigenvalue weighted by atomic mass is 16.5. The van der Waals surface area contributed by atoms with E-state index < -0.39 is 0 Å². The van der Waals surface area contributed by atoms with Crippen LogP contribution in [0.2, 0.25) is 0 Å². The van der Waals surface area contributed by atoms with Crippen molar-refractivity contribution >= 4 is 17.4 Å². The Morgan fingerprint density at radius 3 is 2.55 bits per heavy atom. The van der Waals surface area contributed by atoms with E-state index in [4.69, 9.17) is 4.74 Å². The number of rotatable bonds is 7. The Balaban J connectivity index is 1.94. The van der Waals surface area contributed by atoms with Crippen molar-refractivity contribution in [3.63, 3.8) is 0 Å². The van der Waals surface area contributed by atoms with E-state index in [1.54, 1.807) is 25.4 Å². The average molecular weight is 299 g/mol. The third-order valence-electron chi connectivity index (χ3n) is 3.20. The molecule has 0 radical (unpaired) electrons. The van der Waals surface area contributed by atoms with Crippen molar-refractivity contribution in [2.75, 3.05) is 19.0 Å². The topological polar surface area (TPSA) is 63.2 Å². The van der Waals surface area contributed by atoms with Crippen molar-refractivity contribution < 1.29 is 9.53 Å². The summed E-state index contributed by atoms with van der Waals surface area (Å²) in [6.45, 7) is 2.79. The van der Waals surface area contributed by atoms with Gasteiger partial charge in [-0.2, -0.15) is 0 Å². The number of methoxy groups -OCH3 is 1. The van der Waals surface area contributed by atoms with E-state index in [9.17, 15) is 4.79 Å². The number of hydrogen-bond donors (Lipinski definition) is 2. The van der Waals surface area contributed by atoms with Gasteiger partial charge in [0.2, 0.25) is 0 Å². The summed E-state index contributed by atoms with van der Waals surface area (Å²) in [5.74, 6) is 1.41. The van der Waals surface area contributed by atoms with Crippen LogP contribution in [0.4, 0.5) is 11.5 Å². The number of pyridine rings is 1. The van der Waals surface area contributed by atoms with E-state index in [2.05, 4.69) is 22.5 Å². The summed E-state index contributed by atoms with van der Waals surface area (Å²) < 4.78 is 5.11.